The molecule has 0 fully saturated rings. The maximum Gasteiger partial charge on any atom is 0.275 e. The van der Waals surface area contributed by atoms with Crippen molar-refractivity contribution in [2.24, 2.45) is 0 Å². The minimum Gasteiger partial charge on any atom is -0.451 e. The molecule has 0 atom stereocenters. The molecule has 4 nitrogen and oxygen atoms in total. The highest BCUT2D eigenvalue weighted by atomic mass is 19.2. The van der Waals surface area contributed by atoms with Crippen LogP contribution in [-0.2, 0) is 6.54 Å². The normalized spacial score (nSPS) is 10.4. The van der Waals surface area contributed by atoms with Crippen molar-refractivity contribution in [3.8, 4) is 0 Å². The number of amides is 1. The molecular formula is C12H10F2N2O2. The van der Waals surface area contributed by atoms with E-state index in [1.54, 1.807) is 0 Å². The van der Waals surface area contributed by atoms with Gasteiger partial charge in [-0.25, -0.2) is 13.8 Å². The lowest BCUT2D eigenvalue weighted by molar-refractivity contribution is 0.0777. The molecule has 2 rings (SSSR count). The number of nitrogens with zero attached hydrogens (tertiary/aromatic N) is 2. The summed E-state index contributed by atoms with van der Waals surface area (Å²) in [5.41, 5.74) is 0.226. The van der Waals surface area contributed by atoms with Gasteiger partial charge in [0, 0.05) is 19.2 Å². The first-order valence-corrected chi connectivity index (χ1v) is 5.16. The van der Waals surface area contributed by atoms with E-state index in [4.69, 9.17) is 0 Å². The van der Waals surface area contributed by atoms with Gasteiger partial charge in [0.2, 0.25) is 0 Å². The van der Waals surface area contributed by atoms with Crippen LogP contribution in [0.4, 0.5) is 8.78 Å². The lowest BCUT2D eigenvalue weighted by Crippen LogP contribution is -2.27. The van der Waals surface area contributed by atoms with Crippen LogP contribution in [0.25, 0.3) is 0 Å². The fraction of sp³-hybridized carbons (Fsp3) is 0.167. The van der Waals surface area contributed by atoms with E-state index in [9.17, 15) is 13.6 Å². The number of oxazole rings is 1. The van der Waals surface area contributed by atoms with E-state index in [0.29, 0.717) is 0 Å². The monoisotopic (exact) mass is 252 g/mol. The molecule has 0 radical (unpaired) electrons. The van der Waals surface area contributed by atoms with Crippen LogP contribution < -0.4 is 0 Å². The Morgan fingerprint density at radius 3 is 2.89 bits per heavy atom. The van der Waals surface area contributed by atoms with Crippen molar-refractivity contribution in [1.82, 2.24) is 9.88 Å². The van der Waals surface area contributed by atoms with E-state index in [2.05, 4.69) is 9.40 Å². The Morgan fingerprint density at radius 1 is 1.44 bits per heavy atom. The molecule has 0 bridgehead atoms. The summed E-state index contributed by atoms with van der Waals surface area (Å²) in [4.78, 5) is 16.7. The largest absolute Gasteiger partial charge is 0.451 e. The van der Waals surface area contributed by atoms with Crippen molar-refractivity contribution in [2.45, 2.75) is 6.54 Å². The summed E-state index contributed by atoms with van der Waals surface area (Å²) in [6.07, 6.45) is 2.32. The smallest absolute Gasteiger partial charge is 0.275 e. The molecule has 0 aliphatic rings. The molecule has 0 saturated heterocycles. The molecule has 1 heterocycles. The number of aromatic nitrogens is 1. The lowest BCUT2D eigenvalue weighted by Gasteiger charge is -2.16. The van der Waals surface area contributed by atoms with Crippen molar-refractivity contribution < 1.29 is 18.0 Å². The number of hydrogen-bond donors (Lipinski definition) is 0. The molecule has 0 spiro atoms. The topological polar surface area (TPSA) is 46.3 Å². The van der Waals surface area contributed by atoms with Crippen LogP contribution in [-0.4, -0.2) is 22.8 Å². The number of carbonyl (C=O) groups is 1. The summed E-state index contributed by atoms with van der Waals surface area (Å²) in [6, 6.07) is 3.84. The highest BCUT2D eigenvalue weighted by Gasteiger charge is 2.17. The number of benzene rings is 1. The predicted octanol–water partition coefficient (Wildman–Crippen LogP) is 2.22. The minimum atomic E-state index is -0.947. The van der Waals surface area contributed by atoms with E-state index in [-0.39, 0.29) is 17.8 Å². The zero-order valence-corrected chi connectivity index (χ0v) is 9.56. The Bertz CT molecular complexity index is 555. The first-order valence-electron chi connectivity index (χ1n) is 5.16. The van der Waals surface area contributed by atoms with Gasteiger partial charge in [-0.1, -0.05) is 12.1 Å². The Balaban J connectivity index is 2.14. The van der Waals surface area contributed by atoms with Crippen molar-refractivity contribution >= 4 is 5.91 Å². The van der Waals surface area contributed by atoms with E-state index >= 15 is 0 Å². The standard InChI is InChI=1S/C12H10F2N2O2/c1-16(12(17)10-6-18-7-15-10)5-8-3-2-4-9(13)11(8)14/h2-4,6-7H,5H2,1H3. The summed E-state index contributed by atoms with van der Waals surface area (Å²) in [7, 11) is 1.47. The summed E-state index contributed by atoms with van der Waals surface area (Å²) in [5.74, 6) is -2.31. The van der Waals surface area contributed by atoms with Gasteiger partial charge in [0.15, 0.2) is 23.7 Å². The van der Waals surface area contributed by atoms with Gasteiger partial charge in [-0.05, 0) is 6.07 Å². The molecule has 18 heavy (non-hydrogen) atoms. The van der Waals surface area contributed by atoms with Crippen LogP contribution >= 0.6 is 0 Å². The lowest BCUT2D eigenvalue weighted by atomic mass is 10.2. The van der Waals surface area contributed by atoms with Crippen LogP contribution in [0.2, 0.25) is 0 Å². The predicted molar refractivity (Wildman–Crippen MR) is 58.7 cm³/mol. The van der Waals surface area contributed by atoms with Crippen LogP contribution in [0, 0.1) is 11.6 Å². The van der Waals surface area contributed by atoms with Crippen molar-refractivity contribution in [3.63, 3.8) is 0 Å². The van der Waals surface area contributed by atoms with Gasteiger partial charge in [-0.2, -0.15) is 0 Å². The van der Waals surface area contributed by atoms with E-state index < -0.39 is 17.5 Å². The first-order chi connectivity index (χ1) is 8.59. The molecule has 94 valence electrons. The number of halogens is 2. The Morgan fingerprint density at radius 2 is 2.22 bits per heavy atom. The van der Waals surface area contributed by atoms with Crippen LogP contribution in [0.3, 0.4) is 0 Å². The van der Waals surface area contributed by atoms with Gasteiger partial charge < -0.3 is 9.32 Å². The van der Waals surface area contributed by atoms with Gasteiger partial charge in [-0.3, -0.25) is 4.79 Å². The molecule has 0 N–H and O–H groups in total. The second-order valence-corrected chi connectivity index (χ2v) is 3.75. The summed E-state index contributed by atoms with van der Waals surface area (Å²) in [6.45, 7) is -0.0463. The molecule has 0 aliphatic heterocycles. The SMILES string of the molecule is CN(Cc1cccc(F)c1F)C(=O)c1cocn1. The maximum atomic E-state index is 13.4. The highest BCUT2D eigenvalue weighted by Crippen LogP contribution is 2.14. The minimum absolute atomic E-state index is 0.0463. The number of rotatable bonds is 3. The molecule has 1 aromatic carbocycles. The zero-order valence-electron chi connectivity index (χ0n) is 9.56. The zero-order chi connectivity index (χ0) is 13.1. The van der Waals surface area contributed by atoms with Gasteiger partial charge in [0.1, 0.15) is 6.26 Å². The third-order valence-electron chi connectivity index (χ3n) is 2.44. The number of hydrogen-bond acceptors (Lipinski definition) is 3. The Kier molecular flexibility index (Phi) is 3.36. The Hall–Kier alpha value is -2.24. The van der Waals surface area contributed by atoms with Crippen LogP contribution in [0.5, 0.6) is 0 Å². The molecule has 1 amide bonds. The number of carbonyl (C=O) groups excluding carboxylic acids is 1. The van der Waals surface area contributed by atoms with Crippen molar-refractivity contribution in [1.29, 1.82) is 0 Å². The molecule has 6 heteroatoms. The summed E-state index contributed by atoms with van der Waals surface area (Å²) in [5, 5.41) is 0. The van der Waals surface area contributed by atoms with Gasteiger partial charge in [0.05, 0.1) is 0 Å². The third kappa shape index (κ3) is 2.37. The molecule has 0 aliphatic carbocycles. The fourth-order valence-electron chi connectivity index (χ4n) is 1.51. The average molecular weight is 252 g/mol. The van der Waals surface area contributed by atoms with Gasteiger partial charge >= 0.3 is 0 Å². The maximum absolute atomic E-state index is 13.4. The second-order valence-electron chi connectivity index (χ2n) is 3.75. The fourth-order valence-corrected chi connectivity index (χ4v) is 1.51. The van der Waals surface area contributed by atoms with Crippen molar-refractivity contribution in [3.05, 3.63) is 53.7 Å². The van der Waals surface area contributed by atoms with E-state index in [0.717, 1.165) is 12.5 Å². The van der Waals surface area contributed by atoms with E-state index in [1.165, 1.54) is 30.3 Å². The molecule has 2 aromatic rings. The highest BCUT2D eigenvalue weighted by molar-refractivity contribution is 5.91. The average Bonchev–Trinajstić information content (AvgIpc) is 2.87. The van der Waals surface area contributed by atoms with E-state index in [1.807, 2.05) is 0 Å². The third-order valence-corrected chi connectivity index (χ3v) is 2.44. The molecule has 0 saturated carbocycles. The van der Waals surface area contributed by atoms with Crippen LogP contribution in [0.15, 0.2) is 35.3 Å². The second kappa shape index (κ2) is 4.95. The Labute approximate surface area is 102 Å². The summed E-state index contributed by atoms with van der Waals surface area (Å²) < 4.78 is 31.1. The van der Waals surface area contributed by atoms with Gasteiger partial charge in [-0.15, -0.1) is 0 Å². The first kappa shape index (κ1) is 12.2. The van der Waals surface area contributed by atoms with Crippen LogP contribution in [0.1, 0.15) is 16.1 Å². The van der Waals surface area contributed by atoms with Crippen molar-refractivity contribution in [2.75, 3.05) is 7.05 Å². The molecule has 1 aromatic heterocycles. The van der Waals surface area contributed by atoms with Gasteiger partial charge in [0.25, 0.3) is 5.91 Å². The quantitative estimate of drug-likeness (QED) is 0.841. The molecular weight excluding hydrogens is 242 g/mol. The summed E-state index contributed by atoms with van der Waals surface area (Å²) >= 11 is 0. The molecule has 0 unspecified atom stereocenters.